The van der Waals surface area contributed by atoms with Gasteiger partial charge in [0.2, 0.25) is 5.91 Å². The van der Waals surface area contributed by atoms with Gasteiger partial charge in [-0.3, -0.25) is 4.79 Å². The Morgan fingerprint density at radius 2 is 1.94 bits per heavy atom. The van der Waals surface area contributed by atoms with Crippen molar-refractivity contribution in [2.75, 3.05) is 13.1 Å². The molecule has 1 atom stereocenters. The minimum absolute atomic E-state index is 0.0940. The number of carbonyl (C=O) groups is 1. The number of amides is 1. The Morgan fingerprint density at radius 3 is 2.61 bits per heavy atom. The monoisotopic (exact) mass is 248 g/mol. The molecule has 0 saturated carbocycles. The largest absolute Gasteiger partial charge is 0.355 e. The van der Waals surface area contributed by atoms with Crippen LogP contribution in [0.1, 0.15) is 32.3 Å². The van der Waals surface area contributed by atoms with Gasteiger partial charge in [0.05, 0.1) is 6.04 Å². The van der Waals surface area contributed by atoms with E-state index in [1.165, 1.54) is 5.56 Å². The summed E-state index contributed by atoms with van der Waals surface area (Å²) < 4.78 is 0. The molecule has 1 rings (SSSR count). The van der Waals surface area contributed by atoms with Crippen LogP contribution in [0.4, 0.5) is 0 Å². The molecule has 0 fully saturated rings. The van der Waals surface area contributed by atoms with Crippen molar-refractivity contribution >= 4 is 5.91 Å². The lowest BCUT2D eigenvalue weighted by Crippen LogP contribution is -2.42. The normalized spacial score (nSPS) is 12.1. The molecular weight excluding hydrogens is 224 g/mol. The molecule has 1 amide bonds. The molecule has 1 unspecified atom stereocenters. The second-order valence-electron chi connectivity index (χ2n) is 4.56. The van der Waals surface area contributed by atoms with Crippen molar-refractivity contribution in [3.8, 4) is 0 Å². The zero-order chi connectivity index (χ0) is 13.2. The molecule has 0 aromatic heterocycles. The topological polar surface area (TPSA) is 41.1 Å². The SMILES string of the molecule is CCCNC(=O)C(C)NCCCc1ccccc1. The molecule has 2 N–H and O–H groups in total. The molecule has 3 nitrogen and oxygen atoms in total. The van der Waals surface area contributed by atoms with Crippen molar-refractivity contribution in [3.63, 3.8) is 0 Å². The van der Waals surface area contributed by atoms with Crippen molar-refractivity contribution < 1.29 is 4.79 Å². The Bertz CT molecular complexity index is 338. The first-order valence-electron chi connectivity index (χ1n) is 6.79. The Morgan fingerprint density at radius 1 is 1.22 bits per heavy atom. The molecule has 0 radical (unpaired) electrons. The summed E-state index contributed by atoms with van der Waals surface area (Å²) in [5.74, 6) is 0.0940. The Labute approximate surface area is 110 Å². The van der Waals surface area contributed by atoms with Gasteiger partial charge in [-0.15, -0.1) is 0 Å². The molecule has 0 bridgehead atoms. The number of hydrogen-bond donors (Lipinski definition) is 2. The predicted octanol–water partition coefficient (Wildman–Crippen LogP) is 2.12. The van der Waals surface area contributed by atoms with E-state index in [-0.39, 0.29) is 11.9 Å². The molecule has 3 heteroatoms. The summed E-state index contributed by atoms with van der Waals surface area (Å²) in [5, 5.41) is 6.14. The van der Waals surface area contributed by atoms with E-state index in [4.69, 9.17) is 0 Å². The molecule has 1 aromatic rings. The van der Waals surface area contributed by atoms with E-state index in [9.17, 15) is 4.79 Å². The van der Waals surface area contributed by atoms with Crippen LogP contribution in [0.15, 0.2) is 30.3 Å². The van der Waals surface area contributed by atoms with E-state index >= 15 is 0 Å². The molecule has 0 spiro atoms. The highest BCUT2D eigenvalue weighted by Gasteiger charge is 2.09. The number of aryl methyl sites for hydroxylation is 1. The van der Waals surface area contributed by atoms with Gasteiger partial charge in [0.1, 0.15) is 0 Å². The van der Waals surface area contributed by atoms with Gasteiger partial charge < -0.3 is 10.6 Å². The lowest BCUT2D eigenvalue weighted by Gasteiger charge is -2.13. The Balaban J connectivity index is 2.12. The molecule has 0 aliphatic rings. The van der Waals surface area contributed by atoms with E-state index in [2.05, 4.69) is 41.8 Å². The zero-order valence-corrected chi connectivity index (χ0v) is 11.4. The summed E-state index contributed by atoms with van der Waals surface area (Å²) in [6, 6.07) is 10.3. The van der Waals surface area contributed by atoms with E-state index in [0.717, 1.165) is 32.4 Å². The molecule has 0 heterocycles. The zero-order valence-electron chi connectivity index (χ0n) is 11.4. The van der Waals surface area contributed by atoms with Gasteiger partial charge in [-0.25, -0.2) is 0 Å². The summed E-state index contributed by atoms with van der Waals surface area (Å²) in [6.07, 6.45) is 3.08. The second kappa shape index (κ2) is 8.70. The van der Waals surface area contributed by atoms with Crippen LogP contribution < -0.4 is 10.6 Å². The quantitative estimate of drug-likeness (QED) is 0.692. The van der Waals surface area contributed by atoms with Gasteiger partial charge >= 0.3 is 0 Å². The van der Waals surface area contributed by atoms with E-state index in [0.29, 0.717) is 0 Å². The summed E-state index contributed by atoms with van der Waals surface area (Å²) in [5.41, 5.74) is 1.35. The highest BCUT2D eigenvalue weighted by atomic mass is 16.2. The van der Waals surface area contributed by atoms with Crippen LogP contribution in [-0.2, 0) is 11.2 Å². The van der Waals surface area contributed by atoms with Crippen LogP contribution in [0, 0.1) is 0 Å². The fourth-order valence-corrected chi connectivity index (χ4v) is 1.75. The van der Waals surface area contributed by atoms with Crippen LogP contribution in [0.2, 0.25) is 0 Å². The lowest BCUT2D eigenvalue weighted by atomic mass is 10.1. The number of benzene rings is 1. The van der Waals surface area contributed by atoms with Crippen molar-refractivity contribution in [1.82, 2.24) is 10.6 Å². The summed E-state index contributed by atoms with van der Waals surface area (Å²) in [7, 11) is 0. The van der Waals surface area contributed by atoms with Gasteiger partial charge in [0.25, 0.3) is 0 Å². The van der Waals surface area contributed by atoms with Crippen molar-refractivity contribution in [2.45, 2.75) is 39.2 Å². The van der Waals surface area contributed by atoms with Gasteiger partial charge in [-0.2, -0.15) is 0 Å². The van der Waals surface area contributed by atoms with Crippen molar-refractivity contribution in [3.05, 3.63) is 35.9 Å². The summed E-state index contributed by atoms with van der Waals surface area (Å²) in [6.45, 7) is 5.59. The van der Waals surface area contributed by atoms with Crippen LogP contribution >= 0.6 is 0 Å². The van der Waals surface area contributed by atoms with Crippen LogP contribution in [0.3, 0.4) is 0 Å². The maximum absolute atomic E-state index is 11.6. The molecule has 0 aliphatic carbocycles. The fraction of sp³-hybridized carbons (Fsp3) is 0.533. The maximum Gasteiger partial charge on any atom is 0.236 e. The Kier molecular flexibility index (Phi) is 7.11. The molecule has 100 valence electrons. The number of carbonyl (C=O) groups excluding carboxylic acids is 1. The average Bonchev–Trinajstić information content (AvgIpc) is 2.41. The first-order valence-corrected chi connectivity index (χ1v) is 6.79. The molecule has 1 aromatic carbocycles. The summed E-state index contributed by atoms with van der Waals surface area (Å²) >= 11 is 0. The fourth-order valence-electron chi connectivity index (χ4n) is 1.75. The van der Waals surface area contributed by atoms with E-state index in [1.807, 2.05) is 13.0 Å². The van der Waals surface area contributed by atoms with Crippen LogP contribution in [-0.4, -0.2) is 25.0 Å². The van der Waals surface area contributed by atoms with Gasteiger partial charge in [0, 0.05) is 6.54 Å². The van der Waals surface area contributed by atoms with Gasteiger partial charge in [0.15, 0.2) is 0 Å². The van der Waals surface area contributed by atoms with Crippen molar-refractivity contribution in [2.24, 2.45) is 0 Å². The number of hydrogen-bond acceptors (Lipinski definition) is 2. The number of nitrogens with one attached hydrogen (secondary N) is 2. The molecule has 0 aliphatic heterocycles. The maximum atomic E-state index is 11.6. The third kappa shape index (κ3) is 5.82. The molecule has 0 saturated heterocycles. The predicted molar refractivity (Wildman–Crippen MR) is 75.5 cm³/mol. The van der Waals surface area contributed by atoms with E-state index < -0.39 is 0 Å². The minimum Gasteiger partial charge on any atom is -0.355 e. The van der Waals surface area contributed by atoms with E-state index in [1.54, 1.807) is 0 Å². The standard InChI is InChI=1S/C15H24N2O/c1-3-11-17-15(18)13(2)16-12-7-10-14-8-5-4-6-9-14/h4-6,8-9,13,16H,3,7,10-12H2,1-2H3,(H,17,18). The first-order chi connectivity index (χ1) is 8.74. The number of rotatable bonds is 8. The van der Waals surface area contributed by atoms with Crippen LogP contribution in [0.5, 0.6) is 0 Å². The third-order valence-corrected chi connectivity index (χ3v) is 2.88. The average molecular weight is 248 g/mol. The van der Waals surface area contributed by atoms with Crippen LogP contribution in [0.25, 0.3) is 0 Å². The highest BCUT2D eigenvalue weighted by molar-refractivity contribution is 5.81. The highest BCUT2D eigenvalue weighted by Crippen LogP contribution is 2.01. The Hall–Kier alpha value is -1.35. The van der Waals surface area contributed by atoms with Gasteiger partial charge in [-0.1, -0.05) is 37.3 Å². The lowest BCUT2D eigenvalue weighted by molar-refractivity contribution is -0.122. The summed E-state index contributed by atoms with van der Waals surface area (Å²) in [4.78, 5) is 11.6. The third-order valence-electron chi connectivity index (χ3n) is 2.88. The second-order valence-corrected chi connectivity index (χ2v) is 4.56. The molecule has 18 heavy (non-hydrogen) atoms. The van der Waals surface area contributed by atoms with Gasteiger partial charge in [-0.05, 0) is 38.3 Å². The minimum atomic E-state index is -0.104. The van der Waals surface area contributed by atoms with Crippen molar-refractivity contribution in [1.29, 1.82) is 0 Å². The first kappa shape index (κ1) is 14.7. The smallest absolute Gasteiger partial charge is 0.236 e. The molecular formula is C15H24N2O.